The first kappa shape index (κ1) is 29.1. The van der Waals surface area contributed by atoms with Crippen molar-refractivity contribution in [3.63, 3.8) is 0 Å². The van der Waals surface area contributed by atoms with E-state index in [1.54, 1.807) is 11.3 Å². The van der Waals surface area contributed by atoms with Crippen LogP contribution in [0.4, 0.5) is 4.79 Å². The molecule has 0 saturated carbocycles. The average Bonchev–Trinajstić information content (AvgIpc) is 3.13. The van der Waals surface area contributed by atoms with Crippen LogP contribution in [0, 0.1) is 6.92 Å². The standard InChI is InChI=1S/C13H18BrNO2.C12H14N2S.ClH/c1-9(10-5-7-11(14)8-6-10)15-12(16)17-13(2,3)4;1-8(13)10-3-5-11(6-4-10)12-9(2)14-7-15-12;/h5-9H,1-4H3,(H,15,16);3-8H,13H2,1-2H3;1H/t9-;8-;/m00./s1. The molecule has 0 fully saturated rings. The number of carbonyl (C=O) groups excluding carboxylic acids is 1. The molecular formula is C25H33BrClN3O2S. The molecule has 3 aromatic rings. The van der Waals surface area contributed by atoms with Gasteiger partial charge in [-0.25, -0.2) is 9.78 Å². The Labute approximate surface area is 215 Å². The fraction of sp³-hybridized carbons (Fsp3) is 0.360. The third-order valence-corrected chi connectivity index (χ3v) is 6.05. The Bertz CT molecular complexity index is 1000. The van der Waals surface area contributed by atoms with Crippen molar-refractivity contribution >= 4 is 45.8 Å². The number of hydrogen-bond donors (Lipinski definition) is 2. The smallest absolute Gasteiger partial charge is 0.408 e. The van der Waals surface area contributed by atoms with Gasteiger partial charge in [0, 0.05) is 10.5 Å². The Morgan fingerprint density at radius 2 is 1.61 bits per heavy atom. The maximum Gasteiger partial charge on any atom is 0.408 e. The molecule has 0 unspecified atom stereocenters. The van der Waals surface area contributed by atoms with Gasteiger partial charge in [-0.15, -0.1) is 23.7 Å². The summed E-state index contributed by atoms with van der Waals surface area (Å²) in [5, 5.41) is 2.80. The highest BCUT2D eigenvalue weighted by atomic mass is 79.9. The Morgan fingerprint density at radius 3 is 2.06 bits per heavy atom. The van der Waals surface area contributed by atoms with E-state index in [0.717, 1.165) is 15.7 Å². The van der Waals surface area contributed by atoms with Gasteiger partial charge in [-0.05, 0) is 70.4 Å². The van der Waals surface area contributed by atoms with Crippen LogP contribution in [0.3, 0.4) is 0 Å². The van der Waals surface area contributed by atoms with Crippen LogP contribution in [0.25, 0.3) is 10.4 Å². The van der Waals surface area contributed by atoms with Gasteiger partial charge in [-0.2, -0.15) is 0 Å². The van der Waals surface area contributed by atoms with Crippen LogP contribution < -0.4 is 11.1 Å². The minimum absolute atomic E-state index is 0. The average molecular weight is 555 g/mol. The SMILES string of the molecule is C[C@H](NC(=O)OC(C)(C)C)c1ccc(Br)cc1.Cc1ncsc1-c1ccc([C@H](C)N)cc1.Cl. The second-order valence-electron chi connectivity index (χ2n) is 8.60. The number of halogens is 2. The van der Waals surface area contributed by atoms with E-state index in [0.29, 0.717) is 0 Å². The Balaban J connectivity index is 0.000000322. The molecular weight excluding hydrogens is 522 g/mol. The number of aromatic nitrogens is 1. The molecule has 0 aliphatic rings. The Kier molecular flexibility index (Phi) is 11.5. The van der Waals surface area contributed by atoms with Crippen LogP contribution in [-0.4, -0.2) is 16.7 Å². The molecule has 2 aromatic carbocycles. The van der Waals surface area contributed by atoms with E-state index in [4.69, 9.17) is 10.5 Å². The molecule has 1 aromatic heterocycles. The van der Waals surface area contributed by atoms with Gasteiger partial charge in [0.15, 0.2) is 0 Å². The van der Waals surface area contributed by atoms with Crippen LogP contribution in [0.2, 0.25) is 0 Å². The van der Waals surface area contributed by atoms with Gasteiger partial charge in [0.25, 0.3) is 0 Å². The zero-order chi connectivity index (χ0) is 23.9. The van der Waals surface area contributed by atoms with Gasteiger partial charge in [-0.3, -0.25) is 0 Å². The minimum atomic E-state index is -0.469. The third kappa shape index (κ3) is 9.84. The number of carbonyl (C=O) groups is 1. The lowest BCUT2D eigenvalue weighted by molar-refractivity contribution is 0.0508. The number of aryl methyl sites for hydroxylation is 1. The first-order chi connectivity index (χ1) is 15.0. The molecule has 0 radical (unpaired) electrons. The molecule has 0 aliphatic carbocycles. The normalized spacial score (nSPS) is 12.5. The fourth-order valence-electron chi connectivity index (χ4n) is 2.84. The van der Waals surface area contributed by atoms with Gasteiger partial charge in [0.2, 0.25) is 0 Å². The third-order valence-electron chi connectivity index (χ3n) is 4.55. The van der Waals surface area contributed by atoms with Crippen LogP contribution in [0.5, 0.6) is 0 Å². The van der Waals surface area contributed by atoms with Crippen molar-refractivity contribution < 1.29 is 9.53 Å². The maximum atomic E-state index is 11.6. The molecule has 0 aliphatic heterocycles. The lowest BCUT2D eigenvalue weighted by Crippen LogP contribution is -2.34. The maximum absolute atomic E-state index is 11.6. The lowest BCUT2D eigenvalue weighted by atomic mass is 10.1. The summed E-state index contributed by atoms with van der Waals surface area (Å²) in [4.78, 5) is 17.1. The summed E-state index contributed by atoms with van der Waals surface area (Å²) in [6.07, 6.45) is -0.395. The quantitative estimate of drug-likeness (QED) is 0.348. The van der Waals surface area contributed by atoms with Gasteiger partial charge in [0.1, 0.15) is 5.60 Å². The van der Waals surface area contributed by atoms with E-state index < -0.39 is 11.7 Å². The minimum Gasteiger partial charge on any atom is -0.444 e. The highest BCUT2D eigenvalue weighted by Crippen LogP contribution is 2.27. The highest BCUT2D eigenvalue weighted by molar-refractivity contribution is 9.10. The van der Waals surface area contributed by atoms with Crippen LogP contribution in [0.15, 0.2) is 58.5 Å². The molecule has 180 valence electrons. The van der Waals surface area contributed by atoms with E-state index in [9.17, 15) is 4.79 Å². The molecule has 0 saturated heterocycles. The van der Waals surface area contributed by atoms with E-state index in [2.05, 4.69) is 50.5 Å². The number of ether oxygens (including phenoxy) is 1. The van der Waals surface area contributed by atoms with Gasteiger partial charge in [0.05, 0.1) is 22.1 Å². The largest absolute Gasteiger partial charge is 0.444 e. The number of alkyl carbamates (subject to hydrolysis) is 1. The number of nitrogens with zero attached hydrogens (tertiary/aromatic N) is 1. The Hall–Kier alpha value is -1.93. The number of benzene rings is 2. The van der Waals surface area contributed by atoms with Crippen molar-refractivity contribution in [1.29, 1.82) is 0 Å². The molecule has 1 heterocycles. The number of nitrogens with one attached hydrogen (secondary N) is 1. The highest BCUT2D eigenvalue weighted by Gasteiger charge is 2.18. The monoisotopic (exact) mass is 553 g/mol. The molecule has 8 heteroatoms. The summed E-state index contributed by atoms with van der Waals surface area (Å²) in [7, 11) is 0. The molecule has 5 nitrogen and oxygen atoms in total. The summed E-state index contributed by atoms with van der Waals surface area (Å²) in [5.41, 5.74) is 11.7. The van der Waals surface area contributed by atoms with Crippen molar-refractivity contribution in [2.45, 2.75) is 59.2 Å². The lowest BCUT2D eigenvalue weighted by Gasteiger charge is -2.22. The van der Waals surface area contributed by atoms with Gasteiger partial charge in [-0.1, -0.05) is 52.3 Å². The van der Waals surface area contributed by atoms with Crippen molar-refractivity contribution in [3.05, 3.63) is 75.3 Å². The Morgan fingerprint density at radius 1 is 1.06 bits per heavy atom. The molecule has 3 N–H and O–H groups in total. The van der Waals surface area contributed by atoms with Crippen LogP contribution in [0.1, 0.15) is 63.5 Å². The summed E-state index contributed by atoms with van der Waals surface area (Å²) in [6.45, 7) is 11.5. The molecule has 1 amide bonds. The van der Waals surface area contributed by atoms with Crippen molar-refractivity contribution in [1.82, 2.24) is 10.3 Å². The first-order valence-corrected chi connectivity index (χ1v) is 12.1. The number of amides is 1. The molecule has 0 spiro atoms. The molecule has 33 heavy (non-hydrogen) atoms. The van der Waals surface area contributed by atoms with E-state index in [1.807, 2.05) is 71.3 Å². The summed E-state index contributed by atoms with van der Waals surface area (Å²) in [5.74, 6) is 0. The zero-order valence-electron chi connectivity index (χ0n) is 19.9. The predicted molar refractivity (Wildman–Crippen MR) is 144 cm³/mol. The number of nitrogens with two attached hydrogens (primary N) is 1. The van der Waals surface area contributed by atoms with Gasteiger partial charge >= 0.3 is 6.09 Å². The predicted octanol–water partition coefficient (Wildman–Crippen LogP) is 7.59. The number of hydrogen-bond acceptors (Lipinski definition) is 5. The fourth-order valence-corrected chi connectivity index (χ4v) is 3.91. The van der Waals surface area contributed by atoms with E-state index >= 15 is 0 Å². The van der Waals surface area contributed by atoms with E-state index in [-0.39, 0.29) is 24.5 Å². The van der Waals surface area contributed by atoms with Crippen LogP contribution >= 0.6 is 39.7 Å². The van der Waals surface area contributed by atoms with Crippen molar-refractivity contribution in [3.8, 4) is 10.4 Å². The zero-order valence-corrected chi connectivity index (χ0v) is 23.1. The second kappa shape index (κ2) is 13.1. The summed E-state index contributed by atoms with van der Waals surface area (Å²) < 4.78 is 6.21. The topological polar surface area (TPSA) is 77.2 Å². The second-order valence-corrected chi connectivity index (χ2v) is 10.4. The van der Waals surface area contributed by atoms with Crippen LogP contribution in [-0.2, 0) is 4.74 Å². The van der Waals surface area contributed by atoms with Crippen molar-refractivity contribution in [2.75, 3.05) is 0 Å². The summed E-state index contributed by atoms with van der Waals surface area (Å²) >= 11 is 5.05. The van der Waals surface area contributed by atoms with Crippen molar-refractivity contribution in [2.24, 2.45) is 5.73 Å². The molecule has 3 rings (SSSR count). The molecule has 0 bridgehead atoms. The van der Waals surface area contributed by atoms with E-state index in [1.165, 1.54) is 16.0 Å². The summed E-state index contributed by atoms with van der Waals surface area (Å²) in [6, 6.07) is 16.2. The molecule has 2 atom stereocenters. The number of thiazole rings is 1. The first-order valence-electron chi connectivity index (χ1n) is 10.5. The van der Waals surface area contributed by atoms with Gasteiger partial charge < -0.3 is 15.8 Å². The number of rotatable bonds is 4.